The number of hydrogen-bond donors (Lipinski definition) is 0. The molecular formula is C15H17F2N2+. The van der Waals surface area contributed by atoms with Crippen LogP contribution < -0.4 is 0 Å². The van der Waals surface area contributed by atoms with Crippen molar-refractivity contribution in [2.45, 2.75) is 40.8 Å². The van der Waals surface area contributed by atoms with Gasteiger partial charge in [-0.25, -0.2) is 4.57 Å². The molecule has 0 aliphatic carbocycles. The number of aromatic nitrogens is 1. The first-order chi connectivity index (χ1) is 8.76. The average molecular weight is 263 g/mol. The van der Waals surface area contributed by atoms with Crippen molar-refractivity contribution in [2.24, 2.45) is 0 Å². The highest BCUT2D eigenvalue weighted by Crippen LogP contribution is 2.44. The molecule has 2 aliphatic heterocycles. The lowest BCUT2D eigenvalue weighted by molar-refractivity contribution is -0.675. The summed E-state index contributed by atoms with van der Waals surface area (Å²) in [5.74, 6) is 0. The van der Waals surface area contributed by atoms with Crippen molar-refractivity contribution < 1.29 is 13.4 Å². The molecule has 3 rings (SSSR count). The van der Waals surface area contributed by atoms with Gasteiger partial charge >= 0.3 is 6.17 Å². The Kier molecular flexibility index (Phi) is 2.23. The summed E-state index contributed by atoms with van der Waals surface area (Å²) in [4.78, 5) is 0. The van der Waals surface area contributed by atoms with Gasteiger partial charge in [-0.15, -0.1) is 13.4 Å². The Balaban J connectivity index is 2.47. The van der Waals surface area contributed by atoms with Gasteiger partial charge in [0.1, 0.15) is 0 Å². The molecule has 4 heteroatoms. The van der Waals surface area contributed by atoms with Gasteiger partial charge in [0.2, 0.25) is 5.70 Å². The van der Waals surface area contributed by atoms with Crippen molar-refractivity contribution in [2.75, 3.05) is 0 Å². The molecule has 0 fully saturated rings. The minimum Gasteiger partial charge on any atom is -0.224 e. The van der Waals surface area contributed by atoms with E-state index in [1.54, 1.807) is 13.8 Å². The molecule has 0 saturated heterocycles. The summed E-state index contributed by atoms with van der Waals surface area (Å²) in [5, 5.41) is 0. The quantitative estimate of drug-likeness (QED) is 0.497. The number of rotatable bonds is 0. The maximum atomic E-state index is 14.8. The highest BCUT2D eigenvalue weighted by Gasteiger charge is 2.56. The molecule has 100 valence electrons. The third kappa shape index (κ3) is 1.32. The second-order valence-electron chi connectivity index (χ2n) is 5.44. The Morgan fingerprint density at radius 2 is 1.74 bits per heavy atom. The molecule has 3 heterocycles. The molecule has 0 spiro atoms. The van der Waals surface area contributed by atoms with E-state index in [2.05, 4.69) is 0 Å². The van der Waals surface area contributed by atoms with Gasteiger partial charge in [0.15, 0.2) is 5.71 Å². The third-order valence-corrected chi connectivity index (χ3v) is 4.00. The van der Waals surface area contributed by atoms with Crippen LogP contribution in [0.1, 0.15) is 37.7 Å². The molecule has 0 radical (unpaired) electrons. The summed E-state index contributed by atoms with van der Waals surface area (Å²) in [6.07, 6.45) is -1.22. The SMILES string of the molecule is CC1=CC(C)=[N+]2C1=C(C)c1c(C)cc(C)n1C2(F)F. The Morgan fingerprint density at radius 3 is 2.37 bits per heavy atom. The molecule has 0 atom stereocenters. The number of halogens is 2. The van der Waals surface area contributed by atoms with Crippen LogP contribution in [0, 0.1) is 13.8 Å². The van der Waals surface area contributed by atoms with Crippen molar-refractivity contribution in [3.8, 4) is 0 Å². The Morgan fingerprint density at radius 1 is 1.11 bits per heavy atom. The maximum Gasteiger partial charge on any atom is 0.565 e. The van der Waals surface area contributed by atoms with Crippen molar-refractivity contribution in [3.05, 3.63) is 40.4 Å². The van der Waals surface area contributed by atoms with Gasteiger partial charge in [0.25, 0.3) is 0 Å². The molecule has 2 nitrogen and oxygen atoms in total. The second-order valence-corrected chi connectivity index (χ2v) is 5.44. The normalized spacial score (nSPS) is 20.7. The van der Waals surface area contributed by atoms with E-state index in [-0.39, 0.29) is 0 Å². The predicted molar refractivity (Wildman–Crippen MR) is 71.4 cm³/mol. The maximum absolute atomic E-state index is 14.8. The monoisotopic (exact) mass is 263 g/mol. The Bertz CT molecular complexity index is 700. The number of alkyl halides is 2. The molecular weight excluding hydrogens is 246 g/mol. The van der Waals surface area contributed by atoms with E-state index in [1.807, 2.05) is 32.9 Å². The van der Waals surface area contributed by atoms with Gasteiger partial charge in [-0.2, -0.15) is 0 Å². The lowest BCUT2D eigenvalue weighted by Gasteiger charge is -2.25. The van der Waals surface area contributed by atoms with Crippen LogP contribution in [0.3, 0.4) is 0 Å². The van der Waals surface area contributed by atoms with Gasteiger partial charge in [-0.1, -0.05) is 0 Å². The van der Waals surface area contributed by atoms with Crippen LogP contribution in [0.5, 0.6) is 0 Å². The van der Waals surface area contributed by atoms with Crippen molar-refractivity contribution in [1.82, 2.24) is 4.57 Å². The van der Waals surface area contributed by atoms with Gasteiger partial charge < -0.3 is 0 Å². The first kappa shape index (κ1) is 12.3. The first-order valence-electron chi connectivity index (χ1n) is 6.37. The smallest absolute Gasteiger partial charge is 0.224 e. The molecule has 0 aromatic carbocycles. The molecule has 1 aromatic rings. The summed E-state index contributed by atoms with van der Waals surface area (Å²) in [6.45, 7) is 9.16. The summed E-state index contributed by atoms with van der Waals surface area (Å²) in [7, 11) is 0. The number of nitrogens with zero attached hydrogens (tertiary/aromatic N) is 2. The highest BCUT2D eigenvalue weighted by molar-refractivity contribution is 5.94. The molecule has 0 unspecified atom stereocenters. The van der Waals surface area contributed by atoms with Crippen LogP contribution in [0.15, 0.2) is 23.4 Å². The zero-order valence-electron chi connectivity index (χ0n) is 11.8. The average Bonchev–Trinajstić information content (AvgIpc) is 2.74. The summed E-state index contributed by atoms with van der Waals surface area (Å²) < 4.78 is 31.9. The molecule has 1 aromatic heterocycles. The predicted octanol–water partition coefficient (Wildman–Crippen LogP) is 3.79. The second kappa shape index (κ2) is 3.44. The van der Waals surface area contributed by atoms with E-state index in [0.717, 1.165) is 25.9 Å². The van der Waals surface area contributed by atoms with Crippen LogP contribution in [-0.4, -0.2) is 14.9 Å². The largest absolute Gasteiger partial charge is 0.565 e. The van der Waals surface area contributed by atoms with E-state index >= 15 is 0 Å². The van der Waals surface area contributed by atoms with E-state index in [1.165, 1.54) is 0 Å². The van der Waals surface area contributed by atoms with E-state index in [9.17, 15) is 8.78 Å². The van der Waals surface area contributed by atoms with Crippen molar-refractivity contribution >= 4 is 11.3 Å². The van der Waals surface area contributed by atoms with Gasteiger partial charge in [0.05, 0.1) is 5.69 Å². The topological polar surface area (TPSA) is 7.94 Å². The van der Waals surface area contributed by atoms with Crippen molar-refractivity contribution in [1.29, 1.82) is 0 Å². The summed E-state index contributed by atoms with van der Waals surface area (Å²) >= 11 is 0. The van der Waals surface area contributed by atoms with Crippen LogP contribution in [-0.2, 0) is 6.17 Å². The van der Waals surface area contributed by atoms with Crippen LogP contribution in [0.25, 0.3) is 5.57 Å². The number of fused-ring (bicyclic) bond motifs is 2. The molecule has 2 aliphatic rings. The van der Waals surface area contributed by atoms with Crippen molar-refractivity contribution in [3.63, 3.8) is 0 Å². The molecule has 19 heavy (non-hydrogen) atoms. The number of allylic oxidation sites excluding steroid dienone is 3. The van der Waals surface area contributed by atoms with Gasteiger partial charge in [-0.3, -0.25) is 0 Å². The first-order valence-corrected chi connectivity index (χ1v) is 6.37. The lowest BCUT2D eigenvalue weighted by Crippen LogP contribution is -2.42. The van der Waals surface area contributed by atoms with E-state index in [4.69, 9.17) is 0 Å². The minimum atomic E-state index is -3.04. The molecule has 0 bridgehead atoms. The Labute approximate surface area is 111 Å². The zero-order chi connectivity index (χ0) is 14.1. The Hall–Kier alpha value is -1.71. The highest BCUT2D eigenvalue weighted by atomic mass is 19.3. The standard InChI is InChI=1S/C15H17F2N2/c1-8-6-10(3)18-13(8)12(5)14-9(2)7-11(4)19(14)15(18,16)17/h6-7H,1-5H3/q+1. The zero-order valence-corrected chi connectivity index (χ0v) is 11.8. The number of aryl methyl sites for hydroxylation is 2. The van der Waals surface area contributed by atoms with Gasteiger partial charge in [0, 0.05) is 29.8 Å². The molecule has 0 saturated carbocycles. The molecule has 0 N–H and O–H groups in total. The van der Waals surface area contributed by atoms with E-state index < -0.39 is 6.17 Å². The fourth-order valence-electron chi connectivity index (χ4n) is 3.43. The van der Waals surface area contributed by atoms with Crippen LogP contribution in [0.4, 0.5) is 8.78 Å². The third-order valence-electron chi connectivity index (χ3n) is 4.00. The van der Waals surface area contributed by atoms with Crippen LogP contribution in [0.2, 0.25) is 0 Å². The minimum absolute atomic E-state index is 0.591. The fourth-order valence-corrected chi connectivity index (χ4v) is 3.43. The molecule has 0 amide bonds. The number of hydrogen-bond acceptors (Lipinski definition) is 0. The summed E-state index contributed by atoms with van der Waals surface area (Å²) in [5.41, 5.74) is 5.20. The van der Waals surface area contributed by atoms with Crippen LogP contribution >= 0.6 is 0 Å². The van der Waals surface area contributed by atoms with E-state index in [0.29, 0.717) is 22.8 Å². The summed E-state index contributed by atoms with van der Waals surface area (Å²) in [6, 6.07) is 1.82. The fraction of sp³-hybridized carbons (Fsp3) is 0.400. The lowest BCUT2D eigenvalue weighted by atomic mass is 10.0. The van der Waals surface area contributed by atoms with Gasteiger partial charge in [-0.05, 0) is 39.3 Å².